The van der Waals surface area contributed by atoms with E-state index in [1.165, 1.54) is 0 Å². The number of ether oxygens (including phenoxy) is 2. The van der Waals surface area contributed by atoms with Crippen molar-refractivity contribution in [3.05, 3.63) is 63.9 Å². The van der Waals surface area contributed by atoms with Gasteiger partial charge in [0.2, 0.25) is 5.78 Å². The summed E-state index contributed by atoms with van der Waals surface area (Å²) < 4.78 is 10.9. The number of allylic oxidation sites excluding steroid dienone is 1. The Labute approximate surface area is 138 Å². The summed E-state index contributed by atoms with van der Waals surface area (Å²) in [7, 11) is 0. The van der Waals surface area contributed by atoms with Gasteiger partial charge in [-0.2, -0.15) is 5.26 Å². The van der Waals surface area contributed by atoms with Crippen molar-refractivity contribution < 1.29 is 14.3 Å². The Hall–Kier alpha value is -2.77. The van der Waals surface area contributed by atoms with Gasteiger partial charge in [-0.25, -0.2) is 0 Å². The molecule has 0 atom stereocenters. The standard InChI is InChI=1S/C18H12ClNO3/c1-11-7-14(22-6-5-20)10-15-17(11)18(21)16(23-15)9-12-3-2-4-13(19)8-12/h2-4,7-10H,6H2,1H3/b16-9-. The van der Waals surface area contributed by atoms with Gasteiger partial charge in [0, 0.05) is 11.1 Å². The Morgan fingerprint density at radius 2 is 2.17 bits per heavy atom. The number of carbonyl (C=O) groups is 1. The topological polar surface area (TPSA) is 59.3 Å². The highest BCUT2D eigenvalue weighted by Crippen LogP contribution is 2.37. The molecule has 0 saturated carbocycles. The van der Waals surface area contributed by atoms with Gasteiger partial charge in [-0.05, 0) is 42.3 Å². The van der Waals surface area contributed by atoms with Gasteiger partial charge in [0.05, 0.1) is 5.56 Å². The quantitative estimate of drug-likeness (QED) is 0.795. The lowest BCUT2D eigenvalue weighted by atomic mass is 10.0. The van der Waals surface area contributed by atoms with Crippen LogP contribution in [0.4, 0.5) is 0 Å². The van der Waals surface area contributed by atoms with Crippen LogP contribution >= 0.6 is 11.6 Å². The maximum Gasteiger partial charge on any atom is 0.232 e. The van der Waals surface area contributed by atoms with Crippen LogP contribution in [0.2, 0.25) is 5.02 Å². The van der Waals surface area contributed by atoms with Crippen LogP contribution in [0.5, 0.6) is 11.5 Å². The number of Topliss-reactive ketones (excluding diaryl/α,β-unsaturated/α-hetero) is 1. The molecule has 0 aromatic heterocycles. The maximum absolute atomic E-state index is 12.5. The smallest absolute Gasteiger partial charge is 0.232 e. The number of rotatable bonds is 3. The van der Waals surface area contributed by atoms with Crippen molar-refractivity contribution in [2.75, 3.05) is 6.61 Å². The van der Waals surface area contributed by atoms with Crippen LogP contribution in [0.1, 0.15) is 21.5 Å². The molecule has 1 aliphatic heterocycles. The molecule has 23 heavy (non-hydrogen) atoms. The lowest BCUT2D eigenvalue weighted by molar-refractivity contribution is 0.101. The number of carbonyl (C=O) groups excluding carboxylic acids is 1. The first-order valence-electron chi connectivity index (χ1n) is 6.92. The highest BCUT2D eigenvalue weighted by molar-refractivity contribution is 6.30. The molecule has 0 spiro atoms. The number of nitrogens with zero attached hydrogens (tertiary/aromatic N) is 1. The summed E-state index contributed by atoms with van der Waals surface area (Å²) in [6.07, 6.45) is 1.66. The van der Waals surface area contributed by atoms with Crippen molar-refractivity contribution in [3.8, 4) is 17.6 Å². The Balaban J connectivity index is 1.95. The summed E-state index contributed by atoms with van der Waals surface area (Å²) >= 11 is 5.95. The molecular formula is C18H12ClNO3. The molecular weight excluding hydrogens is 314 g/mol. The number of hydrogen-bond acceptors (Lipinski definition) is 4. The summed E-state index contributed by atoms with van der Waals surface area (Å²) in [5.74, 6) is 1.00. The van der Waals surface area contributed by atoms with Crippen LogP contribution in [0.3, 0.4) is 0 Å². The lowest BCUT2D eigenvalue weighted by Gasteiger charge is -2.06. The van der Waals surface area contributed by atoms with Gasteiger partial charge in [0.1, 0.15) is 17.6 Å². The minimum atomic E-state index is -0.177. The third-order valence-electron chi connectivity index (χ3n) is 3.39. The third-order valence-corrected chi connectivity index (χ3v) is 3.63. The first-order chi connectivity index (χ1) is 11.1. The van der Waals surface area contributed by atoms with Crippen molar-refractivity contribution in [1.82, 2.24) is 0 Å². The van der Waals surface area contributed by atoms with Gasteiger partial charge in [-0.1, -0.05) is 23.7 Å². The van der Waals surface area contributed by atoms with Crippen molar-refractivity contribution in [2.45, 2.75) is 6.92 Å². The number of ketones is 1. The van der Waals surface area contributed by atoms with E-state index >= 15 is 0 Å². The van der Waals surface area contributed by atoms with Crippen LogP contribution in [-0.4, -0.2) is 12.4 Å². The van der Waals surface area contributed by atoms with Gasteiger partial charge >= 0.3 is 0 Å². The second-order valence-corrected chi connectivity index (χ2v) is 5.49. The van der Waals surface area contributed by atoms with E-state index in [1.807, 2.05) is 19.1 Å². The van der Waals surface area contributed by atoms with E-state index < -0.39 is 0 Å². The first kappa shape index (κ1) is 15.1. The summed E-state index contributed by atoms with van der Waals surface area (Å²) in [4.78, 5) is 12.5. The molecule has 0 radical (unpaired) electrons. The fraction of sp³-hybridized carbons (Fsp3) is 0.111. The largest absolute Gasteiger partial charge is 0.479 e. The average molecular weight is 326 g/mol. The number of hydrogen-bond donors (Lipinski definition) is 0. The zero-order valence-electron chi connectivity index (χ0n) is 12.3. The van der Waals surface area contributed by atoms with E-state index in [2.05, 4.69) is 0 Å². The fourth-order valence-corrected chi connectivity index (χ4v) is 2.62. The second-order valence-electron chi connectivity index (χ2n) is 5.05. The molecule has 1 aliphatic rings. The highest BCUT2D eigenvalue weighted by atomic mass is 35.5. The summed E-state index contributed by atoms with van der Waals surface area (Å²) in [6.45, 7) is 1.75. The number of benzene rings is 2. The van der Waals surface area contributed by atoms with Gasteiger partial charge in [0.25, 0.3) is 0 Å². The normalized spacial score (nSPS) is 14.3. The molecule has 2 aromatic carbocycles. The molecule has 4 nitrogen and oxygen atoms in total. The van der Waals surface area contributed by atoms with E-state index in [9.17, 15) is 4.79 Å². The van der Waals surface area contributed by atoms with Crippen molar-refractivity contribution in [3.63, 3.8) is 0 Å². The second kappa shape index (κ2) is 6.15. The molecule has 0 unspecified atom stereocenters. The van der Waals surface area contributed by atoms with Crippen LogP contribution in [0.15, 0.2) is 42.2 Å². The lowest BCUT2D eigenvalue weighted by Crippen LogP contribution is -2.00. The SMILES string of the molecule is Cc1cc(OCC#N)cc2c1C(=O)/C(=C/c1cccc(Cl)c1)O2. The van der Waals surface area contributed by atoms with E-state index in [1.54, 1.807) is 36.4 Å². The Kier molecular flexibility index (Phi) is 4.05. The number of fused-ring (bicyclic) bond motifs is 1. The van der Waals surface area contributed by atoms with Crippen molar-refractivity contribution in [2.24, 2.45) is 0 Å². The summed E-state index contributed by atoms with van der Waals surface area (Å²) in [6, 6.07) is 12.4. The van der Waals surface area contributed by atoms with E-state index in [-0.39, 0.29) is 18.1 Å². The maximum atomic E-state index is 12.5. The molecule has 0 amide bonds. The molecule has 0 bridgehead atoms. The number of halogens is 1. The number of nitriles is 1. The molecule has 1 heterocycles. The van der Waals surface area contributed by atoms with Gasteiger partial charge in [-0.15, -0.1) is 0 Å². The molecule has 5 heteroatoms. The van der Waals surface area contributed by atoms with Crippen LogP contribution in [-0.2, 0) is 0 Å². The average Bonchev–Trinajstić information content (AvgIpc) is 2.82. The fourth-order valence-electron chi connectivity index (χ4n) is 2.42. The van der Waals surface area contributed by atoms with E-state index in [4.69, 9.17) is 26.3 Å². The minimum absolute atomic E-state index is 0.0582. The van der Waals surface area contributed by atoms with Crippen LogP contribution in [0, 0.1) is 18.3 Å². The van der Waals surface area contributed by atoms with Crippen molar-refractivity contribution >= 4 is 23.5 Å². The minimum Gasteiger partial charge on any atom is -0.479 e. The summed E-state index contributed by atoms with van der Waals surface area (Å²) in [5.41, 5.74) is 2.05. The molecule has 0 saturated heterocycles. The van der Waals surface area contributed by atoms with Gasteiger partial charge in [0.15, 0.2) is 12.4 Å². The first-order valence-corrected chi connectivity index (χ1v) is 7.30. The number of aryl methyl sites for hydroxylation is 1. The predicted octanol–water partition coefficient (Wildman–Crippen LogP) is 4.17. The Morgan fingerprint density at radius 1 is 1.35 bits per heavy atom. The molecule has 3 rings (SSSR count). The van der Waals surface area contributed by atoms with Crippen LogP contribution in [0.25, 0.3) is 6.08 Å². The zero-order chi connectivity index (χ0) is 16.4. The van der Waals surface area contributed by atoms with E-state index in [0.717, 1.165) is 11.1 Å². The Morgan fingerprint density at radius 3 is 2.91 bits per heavy atom. The molecule has 2 aromatic rings. The van der Waals surface area contributed by atoms with Gasteiger partial charge < -0.3 is 9.47 Å². The van der Waals surface area contributed by atoms with Gasteiger partial charge in [-0.3, -0.25) is 4.79 Å². The zero-order valence-corrected chi connectivity index (χ0v) is 13.1. The van der Waals surface area contributed by atoms with Crippen LogP contribution < -0.4 is 9.47 Å². The monoisotopic (exact) mass is 325 g/mol. The third kappa shape index (κ3) is 3.05. The molecule has 0 N–H and O–H groups in total. The Bertz CT molecular complexity index is 865. The van der Waals surface area contributed by atoms with Crippen molar-refractivity contribution in [1.29, 1.82) is 5.26 Å². The molecule has 0 fully saturated rings. The molecule has 114 valence electrons. The summed E-state index contributed by atoms with van der Waals surface area (Å²) in [5, 5.41) is 9.17. The predicted molar refractivity (Wildman–Crippen MR) is 86.7 cm³/mol. The molecule has 0 aliphatic carbocycles. The highest BCUT2D eigenvalue weighted by Gasteiger charge is 2.29. The van der Waals surface area contributed by atoms with E-state index in [0.29, 0.717) is 22.1 Å².